The minimum absolute atomic E-state index is 0.493. The molecule has 4 heterocycles. The van der Waals surface area contributed by atoms with Gasteiger partial charge in [0.2, 0.25) is 0 Å². The van der Waals surface area contributed by atoms with Crippen molar-refractivity contribution in [3.63, 3.8) is 0 Å². The van der Waals surface area contributed by atoms with Gasteiger partial charge in [-0.15, -0.1) is 0 Å². The van der Waals surface area contributed by atoms with Crippen molar-refractivity contribution in [2.75, 3.05) is 44.3 Å². The highest BCUT2D eigenvalue weighted by Crippen LogP contribution is 2.36. The molecule has 1 aliphatic carbocycles. The Balaban J connectivity index is 1.38. The summed E-state index contributed by atoms with van der Waals surface area (Å²) in [5.74, 6) is 2.34. The molecule has 3 aliphatic rings. The first kappa shape index (κ1) is 19.2. The van der Waals surface area contributed by atoms with Gasteiger partial charge in [-0.05, 0) is 18.3 Å². The molecular formula is C21H32N6O2. The molecule has 29 heavy (non-hydrogen) atoms. The van der Waals surface area contributed by atoms with Crippen LogP contribution < -0.4 is 4.90 Å². The van der Waals surface area contributed by atoms with E-state index in [0.29, 0.717) is 38.5 Å². The zero-order valence-corrected chi connectivity index (χ0v) is 17.5. The Bertz CT molecular complexity index is 864. The quantitative estimate of drug-likeness (QED) is 0.834. The fourth-order valence-electron chi connectivity index (χ4n) is 5.01. The van der Waals surface area contributed by atoms with Crippen LogP contribution in [-0.4, -0.2) is 80.6 Å². The highest BCUT2D eigenvalue weighted by Gasteiger charge is 2.39. The van der Waals surface area contributed by atoms with Crippen LogP contribution >= 0.6 is 0 Å². The third kappa shape index (κ3) is 3.85. The zero-order chi connectivity index (χ0) is 20.0. The van der Waals surface area contributed by atoms with Crippen LogP contribution in [0.4, 0.5) is 5.82 Å². The van der Waals surface area contributed by atoms with Gasteiger partial charge in [-0.1, -0.05) is 13.8 Å². The standard InChI is InChI=1S/C21H32N6O2/c1-15-10-25(17-9-16(17)2)5-6-26(11-15)19-18-20(23-13-22-19)27(14-24-18)12-21(28)3-7-29-8-4-21/h13-17,28H,3-12H2,1-2H3. The van der Waals surface area contributed by atoms with E-state index in [9.17, 15) is 5.11 Å². The SMILES string of the molecule is CC1CN(c2ncnc3c2ncn3CC2(O)CCOCC2)CCN(C2CC2C)C1. The second-order valence-corrected chi connectivity index (χ2v) is 9.41. The highest BCUT2D eigenvalue weighted by molar-refractivity contribution is 5.83. The smallest absolute Gasteiger partial charge is 0.165 e. The number of rotatable bonds is 4. The van der Waals surface area contributed by atoms with Crippen molar-refractivity contribution in [2.24, 2.45) is 11.8 Å². The van der Waals surface area contributed by atoms with Crippen molar-refractivity contribution in [3.05, 3.63) is 12.7 Å². The van der Waals surface area contributed by atoms with E-state index in [-0.39, 0.29) is 0 Å². The van der Waals surface area contributed by atoms with E-state index in [2.05, 4.69) is 38.6 Å². The van der Waals surface area contributed by atoms with E-state index < -0.39 is 5.60 Å². The van der Waals surface area contributed by atoms with Crippen LogP contribution in [0, 0.1) is 11.8 Å². The van der Waals surface area contributed by atoms with Gasteiger partial charge in [0.1, 0.15) is 6.33 Å². The second kappa shape index (κ2) is 7.49. The molecule has 8 heteroatoms. The van der Waals surface area contributed by atoms with Gasteiger partial charge in [-0.2, -0.15) is 0 Å². The Labute approximate surface area is 171 Å². The molecule has 3 fully saturated rings. The molecule has 2 aliphatic heterocycles. The molecule has 0 radical (unpaired) electrons. The van der Waals surface area contributed by atoms with Crippen molar-refractivity contribution in [3.8, 4) is 0 Å². The van der Waals surface area contributed by atoms with Crippen LogP contribution in [-0.2, 0) is 11.3 Å². The lowest BCUT2D eigenvalue weighted by Gasteiger charge is -2.32. The van der Waals surface area contributed by atoms with Gasteiger partial charge in [0, 0.05) is 58.3 Å². The first-order valence-corrected chi connectivity index (χ1v) is 11.0. The normalized spacial score (nSPS) is 30.4. The first-order chi connectivity index (χ1) is 14.0. The molecule has 0 bridgehead atoms. The lowest BCUT2D eigenvalue weighted by Crippen LogP contribution is -2.40. The highest BCUT2D eigenvalue weighted by atomic mass is 16.5. The van der Waals surface area contributed by atoms with Gasteiger partial charge in [-0.3, -0.25) is 4.90 Å². The lowest BCUT2D eigenvalue weighted by molar-refractivity contribution is -0.0723. The maximum Gasteiger partial charge on any atom is 0.165 e. The van der Waals surface area contributed by atoms with E-state index in [1.54, 1.807) is 12.7 Å². The van der Waals surface area contributed by atoms with Crippen molar-refractivity contribution in [1.29, 1.82) is 0 Å². The number of hydrogen-bond donors (Lipinski definition) is 1. The van der Waals surface area contributed by atoms with Crippen LogP contribution in [0.1, 0.15) is 33.1 Å². The molecule has 2 aromatic heterocycles. The first-order valence-electron chi connectivity index (χ1n) is 11.0. The summed E-state index contributed by atoms with van der Waals surface area (Å²) in [6, 6.07) is 0.766. The third-order valence-electron chi connectivity index (χ3n) is 6.84. The minimum Gasteiger partial charge on any atom is -0.388 e. The molecule has 0 amide bonds. The number of aliphatic hydroxyl groups is 1. The summed E-state index contributed by atoms with van der Waals surface area (Å²) < 4.78 is 7.38. The second-order valence-electron chi connectivity index (χ2n) is 9.41. The van der Waals surface area contributed by atoms with Crippen LogP contribution in [0.25, 0.3) is 11.2 Å². The maximum absolute atomic E-state index is 10.9. The number of imidazole rings is 1. The number of anilines is 1. The lowest BCUT2D eigenvalue weighted by atomic mass is 9.94. The fraction of sp³-hybridized carbons (Fsp3) is 0.762. The Morgan fingerprint density at radius 2 is 1.93 bits per heavy atom. The Hall–Kier alpha value is -1.77. The molecule has 5 rings (SSSR count). The van der Waals surface area contributed by atoms with Gasteiger partial charge < -0.3 is 19.3 Å². The van der Waals surface area contributed by atoms with Crippen molar-refractivity contribution < 1.29 is 9.84 Å². The van der Waals surface area contributed by atoms with Gasteiger partial charge in [-0.25, -0.2) is 15.0 Å². The minimum atomic E-state index is -0.754. The van der Waals surface area contributed by atoms with Crippen LogP contribution in [0.15, 0.2) is 12.7 Å². The summed E-state index contributed by atoms with van der Waals surface area (Å²) >= 11 is 0. The topological polar surface area (TPSA) is 79.5 Å². The van der Waals surface area contributed by atoms with E-state index in [1.165, 1.54) is 6.42 Å². The van der Waals surface area contributed by atoms with E-state index in [4.69, 9.17) is 4.74 Å². The Kier molecular flexibility index (Phi) is 4.96. The molecule has 3 atom stereocenters. The third-order valence-corrected chi connectivity index (χ3v) is 6.84. The van der Waals surface area contributed by atoms with Crippen LogP contribution in [0.2, 0.25) is 0 Å². The molecule has 0 aromatic carbocycles. The fourth-order valence-corrected chi connectivity index (χ4v) is 5.01. The molecular weight excluding hydrogens is 368 g/mol. The molecule has 1 N–H and O–H groups in total. The van der Waals surface area contributed by atoms with E-state index >= 15 is 0 Å². The van der Waals surface area contributed by atoms with Crippen LogP contribution in [0.5, 0.6) is 0 Å². The predicted octanol–water partition coefficient (Wildman–Crippen LogP) is 1.53. The molecule has 2 aromatic rings. The Morgan fingerprint density at radius 3 is 2.69 bits per heavy atom. The number of nitrogens with zero attached hydrogens (tertiary/aromatic N) is 6. The maximum atomic E-state index is 10.9. The largest absolute Gasteiger partial charge is 0.388 e. The van der Waals surface area contributed by atoms with Gasteiger partial charge in [0.25, 0.3) is 0 Å². The predicted molar refractivity (Wildman–Crippen MR) is 111 cm³/mol. The number of ether oxygens (including phenoxy) is 1. The number of fused-ring (bicyclic) bond motifs is 1. The molecule has 1 saturated carbocycles. The average Bonchev–Trinajstić information content (AvgIpc) is 3.35. The molecule has 2 saturated heterocycles. The molecule has 8 nitrogen and oxygen atoms in total. The number of aromatic nitrogens is 4. The average molecular weight is 401 g/mol. The van der Waals surface area contributed by atoms with Crippen molar-refractivity contribution >= 4 is 17.0 Å². The molecule has 0 spiro atoms. The summed E-state index contributed by atoms with van der Waals surface area (Å²) in [7, 11) is 0. The zero-order valence-electron chi connectivity index (χ0n) is 17.5. The van der Waals surface area contributed by atoms with Gasteiger partial charge in [0.15, 0.2) is 17.0 Å². The number of hydrogen-bond acceptors (Lipinski definition) is 7. The molecule has 158 valence electrons. The van der Waals surface area contributed by atoms with E-state index in [0.717, 1.165) is 55.1 Å². The van der Waals surface area contributed by atoms with Crippen molar-refractivity contribution in [1.82, 2.24) is 24.4 Å². The Morgan fingerprint density at radius 1 is 1.14 bits per heavy atom. The van der Waals surface area contributed by atoms with Gasteiger partial charge in [0.05, 0.1) is 18.5 Å². The van der Waals surface area contributed by atoms with Gasteiger partial charge >= 0.3 is 0 Å². The summed E-state index contributed by atoms with van der Waals surface area (Å²) in [6.45, 7) is 10.6. The summed E-state index contributed by atoms with van der Waals surface area (Å²) in [5.41, 5.74) is 0.887. The van der Waals surface area contributed by atoms with Crippen molar-refractivity contribution in [2.45, 2.75) is 51.3 Å². The van der Waals surface area contributed by atoms with Crippen LogP contribution in [0.3, 0.4) is 0 Å². The molecule has 3 unspecified atom stereocenters. The summed E-state index contributed by atoms with van der Waals surface area (Å²) in [5, 5.41) is 10.9. The monoisotopic (exact) mass is 400 g/mol. The van der Waals surface area contributed by atoms with E-state index in [1.807, 2.05) is 4.57 Å². The summed E-state index contributed by atoms with van der Waals surface area (Å²) in [6.07, 6.45) is 6.06. The summed E-state index contributed by atoms with van der Waals surface area (Å²) in [4.78, 5) is 18.8.